The minimum atomic E-state index is -0.356. The molecule has 13 heavy (non-hydrogen) atoms. The molecule has 0 radical (unpaired) electrons. The van der Waals surface area contributed by atoms with Gasteiger partial charge in [0, 0.05) is 6.04 Å². The fourth-order valence-electron chi connectivity index (χ4n) is 1.93. The van der Waals surface area contributed by atoms with E-state index in [1.807, 2.05) is 13.8 Å². The molecule has 0 aliphatic carbocycles. The molecule has 2 aliphatic heterocycles. The molecule has 2 fully saturated rings. The molecule has 2 unspecified atom stereocenters. The van der Waals surface area contributed by atoms with Crippen LogP contribution in [0, 0.1) is 0 Å². The maximum Gasteiger partial charge on any atom is 0.258 e. The third kappa shape index (κ3) is 1.16. The Morgan fingerprint density at radius 1 is 1.23 bits per heavy atom. The lowest BCUT2D eigenvalue weighted by molar-refractivity contribution is -0.170. The number of ether oxygens (including phenoxy) is 1. The van der Waals surface area contributed by atoms with Crippen molar-refractivity contribution in [3.8, 4) is 0 Å². The number of rotatable bonds is 1. The molecule has 2 bridgehead atoms. The first-order chi connectivity index (χ1) is 6.11. The molecule has 0 saturated carbocycles. The van der Waals surface area contributed by atoms with Gasteiger partial charge in [0.1, 0.15) is 12.2 Å². The molecule has 0 aromatic rings. The van der Waals surface area contributed by atoms with E-state index in [1.54, 1.807) is 0 Å². The lowest BCUT2D eigenvalue weighted by atomic mass is 10.2. The van der Waals surface area contributed by atoms with Gasteiger partial charge < -0.3 is 4.74 Å². The largest absolute Gasteiger partial charge is 0.355 e. The molecule has 4 heteroatoms. The average molecular weight is 183 g/mol. The Bertz CT molecular complexity index is 240. The predicted octanol–water partition coefficient (Wildman–Crippen LogP) is 0.311. The number of nitrogens with zero attached hydrogens (tertiary/aromatic N) is 1. The number of carbonyl (C=O) groups excluding carboxylic acids is 2. The van der Waals surface area contributed by atoms with Gasteiger partial charge in [-0.25, -0.2) is 0 Å². The summed E-state index contributed by atoms with van der Waals surface area (Å²) in [5.74, 6) is -0.317. The van der Waals surface area contributed by atoms with E-state index in [1.165, 1.54) is 4.90 Å². The second kappa shape index (κ2) is 2.80. The highest BCUT2D eigenvalue weighted by molar-refractivity contribution is 6.02. The van der Waals surface area contributed by atoms with E-state index in [9.17, 15) is 9.59 Å². The van der Waals surface area contributed by atoms with Gasteiger partial charge in [0.05, 0.1) is 0 Å². The zero-order valence-corrected chi connectivity index (χ0v) is 7.82. The molecule has 0 N–H and O–H groups in total. The van der Waals surface area contributed by atoms with Crippen molar-refractivity contribution in [3.63, 3.8) is 0 Å². The Labute approximate surface area is 76.8 Å². The topological polar surface area (TPSA) is 46.6 Å². The minimum absolute atomic E-state index is 0.0491. The van der Waals surface area contributed by atoms with Crippen LogP contribution in [-0.2, 0) is 14.3 Å². The molecular formula is C9H13NO3. The first-order valence-corrected chi connectivity index (χ1v) is 4.63. The van der Waals surface area contributed by atoms with Gasteiger partial charge in [-0.15, -0.1) is 0 Å². The fourth-order valence-corrected chi connectivity index (χ4v) is 1.93. The lowest BCUT2D eigenvalue weighted by Gasteiger charge is -2.32. The normalized spacial score (nSPS) is 33.3. The summed E-state index contributed by atoms with van der Waals surface area (Å²) < 4.78 is 5.26. The van der Waals surface area contributed by atoms with Crippen molar-refractivity contribution in [1.82, 2.24) is 4.90 Å². The van der Waals surface area contributed by atoms with Gasteiger partial charge in [0.25, 0.3) is 11.8 Å². The number of carbonyl (C=O) groups is 2. The summed E-state index contributed by atoms with van der Waals surface area (Å²) in [4.78, 5) is 24.6. The van der Waals surface area contributed by atoms with E-state index in [-0.39, 0.29) is 30.1 Å². The molecule has 2 rings (SSSR count). The number of imide groups is 1. The standard InChI is InChI=1S/C9H13NO3/c1-5(2)10-8(11)6-3-4-7(13-6)9(10)12/h5-7H,3-4H2,1-2H3. The third-order valence-electron chi connectivity index (χ3n) is 2.56. The number of hydrogen-bond donors (Lipinski definition) is 0. The minimum Gasteiger partial charge on any atom is -0.355 e. The van der Waals surface area contributed by atoms with Crippen LogP contribution >= 0.6 is 0 Å². The molecular weight excluding hydrogens is 170 g/mol. The van der Waals surface area contributed by atoms with Crippen LogP contribution in [0.2, 0.25) is 0 Å². The summed E-state index contributed by atoms with van der Waals surface area (Å²) in [5.41, 5.74) is 0. The SMILES string of the molecule is CC(C)N1C(=O)C2CCC(O2)C1=O. The maximum atomic E-state index is 11.6. The van der Waals surface area contributed by atoms with E-state index >= 15 is 0 Å². The summed E-state index contributed by atoms with van der Waals surface area (Å²) in [5, 5.41) is 0. The van der Waals surface area contributed by atoms with Crippen molar-refractivity contribution >= 4 is 11.8 Å². The number of fused-ring (bicyclic) bond motifs is 2. The van der Waals surface area contributed by atoms with Crippen LogP contribution in [-0.4, -0.2) is 35.0 Å². The molecule has 2 atom stereocenters. The van der Waals surface area contributed by atoms with Crippen molar-refractivity contribution in [1.29, 1.82) is 0 Å². The quantitative estimate of drug-likeness (QED) is 0.550. The third-order valence-corrected chi connectivity index (χ3v) is 2.56. The van der Waals surface area contributed by atoms with E-state index < -0.39 is 0 Å². The van der Waals surface area contributed by atoms with Crippen LogP contribution in [0.3, 0.4) is 0 Å². The molecule has 2 heterocycles. The van der Waals surface area contributed by atoms with Crippen molar-refractivity contribution in [2.75, 3.05) is 0 Å². The van der Waals surface area contributed by atoms with Crippen LogP contribution in [0.25, 0.3) is 0 Å². The summed E-state index contributed by atoms with van der Waals surface area (Å²) in [7, 11) is 0. The van der Waals surface area contributed by atoms with E-state index in [2.05, 4.69) is 0 Å². The van der Waals surface area contributed by atoms with Crippen LogP contribution in [0.1, 0.15) is 26.7 Å². The van der Waals surface area contributed by atoms with Crippen LogP contribution < -0.4 is 0 Å². The van der Waals surface area contributed by atoms with Gasteiger partial charge in [-0.3, -0.25) is 14.5 Å². The Morgan fingerprint density at radius 2 is 1.69 bits per heavy atom. The monoisotopic (exact) mass is 183 g/mol. The van der Waals surface area contributed by atoms with E-state index in [0.29, 0.717) is 12.8 Å². The van der Waals surface area contributed by atoms with E-state index in [0.717, 1.165) is 0 Å². The van der Waals surface area contributed by atoms with Gasteiger partial charge in [-0.1, -0.05) is 0 Å². The number of hydrogen-bond acceptors (Lipinski definition) is 3. The zero-order valence-electron chi connectivity index (χ0n) is 7.82. The van der Waals surface area contributed by atoms with E-state index in [4.69, 9.17) is 4.74 Å². The van der Waals surface area contributed by atoms with Gasteiger partial charge in [0.2, 0.25) is 0 Å². The highest BCUT2D eigenvalue weighted by atomic mass is 16.5. The molecule has 2 amide bonds. The predicted molar refractivity (Wildman–Crippen MR) is 44.9 cm³/mol. The Morgan fingerprint density at radius 3 is 2.08 bits per heavy atom. The Balaban J connectivity index is 2.28. The van der Waals surface area contributed by atoms with Crippen molar-refractivity contribution in [2.45, 2.75) is 44.9 Å². The van der Waals surface area contributed by atoms with Crippen LogP contribution in [0.5, 0.6) is 0 Å². The smallest absolute Gasteiger partial charge is 0.258 e. The molecule has 2 aliphatic rings. The molecule has 2 saturated heterocycles. The number of likely N-dealkylation sites (tertiary alicyclic amines) is 1. The number of morpholine rings is 1. The van der Waals surface area contributed by atoms with Crippen molar-refractivity contribution in [3.05, 3.63) is 0 Å². The van der Waals surface area contributed by atoms with Gasteiger partial charge in [0.15, 0.2) is 0 Å². The first-order valence-electron chi connectivity index (χ1n) is 4.63. The summed E-state index contributed by atoms with van der Waals surface area (Å²) in [6.07, 6.45) is 0.673. The maximum absolute atomic E-state index is 11.6. The van der Waals surface area contributed by atoms with Crippen LogP contribution in [0.4, 0.5) is 0 Å². The Hall–Kier alpha value is -0.900. The van der Waals surface area contributed by atoms with Gasteiger partial charge in [-0.05, 0) is 26.7 Å². The number of amides is 2. The summed E-state index contributed by atoms with van der Waals surface area (Å²) >= 11 is 0. The van der Waals surface area contributed by atoms with Crippen molar-refractivity contribution < 1.29 is 14.3 Å². The average Bonchev–Trinajstić information content (AvgIpc) is 2.46. The highest BCUT2D eigenvalue weighted by Gasteiger charge is 2.47. The second-order valence-corrected chi connectivity index (χ2v) is 3.83. The zero-order chi connectivity index (χ0) is 9.59. The van der Waals surface area contributed by atoms with Crippen molar-refractivity contribution in [2.24, 2.45) is 0 Å². The highest BCUT2D eigenvalue weighted by Crippen LogP contribution is 2.29. The molecule has 0 aromatic carbocycles. The summed E-state index contributed by atoms with van der Waals surface area (Å²) in [6.45, 7) is 3.70. The summed E-state index contributed by atoms with van der Waals surface area (Å²) in [6, 6.07) is -0.0491. The lowest BCUT2D eigenvalue weighted by Crippen LogP contribution is -2.54. The molecule has 4 nitrogen and oxygen atoms in total. The Kier molecular flexibility index (Phi) is 1.87. The van der Waals surface area contributed by atoms with Crippen LogP contribution in [0.15, 0.2) is 0 Å². The fraction of sp³-hybridized carbons (Fsp3) is 0.778. The van der Waals surface area contributed by atoms with Gasteiger partial charge in [-0.2, -0.15) is 0 Å². The second-order valence-electron chi connectivity index (χ2n) is 3.83. The molecule has 0 spiro atoms. The van der Waals surface area contributed by atoms with Gasteiger partial charge >= 0.3 is 0 Å². The molecule has 0 aromatic heterocycles. The first kappa shape index (κ1) is 8.69. The molecule has 72 valence electrons.